The van der Waals surface area contributed by atoms with E-state index in [0.29, 0.717) is 41.2 Å². The van der Waals surface area contributed by atoms with Gasteiger partial charge in [0.15, 0.2) is 5.82 Å². The Hall–Kier alpha value is -4.24. The van der Waals surface area contributed by atoms with Gasteiger partial charge in [-0.2, -0.15) is 0 Å². The maximum Gasteiger partial charge on any atom is 0.327 e. The molecule has 8 nitrogen and oxygen atoms in total. The molecular weight excluding hydrogens is 495 g/mol. The van der Waals surface area contributed by atoms with Crippen LogP contribution in [0.5, 0.6) is 0 Å². The van der Waals surface area contributed by atoms with E-state index < -0.39 is 12.1 Å². The van der Waals surface area contributed by atoms with Crippen molar-refractivity contribution in [1.29, 1.82) is 0 Å². The zero-order chi connectivity index (χ0) is 27.7. The maximum atomic E-state index is 13.9. The Kier molecular flexibility index (Phi) is 7.34. The second-order valence-electron chi connectivity index (χ2n) is 10.1. The molecule has 2 heterocycles. The van der Waals surface area contributed by atoms with E-state index >= 15 is 0 Å². The van der Waals surface area contributed by atoms with Crippen LogP contribution in [0.25, 0.3) is 10.9 Å². The monoisotopic (exact) mass is 528 g/mol. The molecule has 39 heavy (non-hydrogen) atoms. The lowest BCUT2D eigenvalue weighted by molar-refractivity contribution is 0.254. The normalized spacial score (nSPS) is 14.8. The number of anilines is 2. The number of hydrogen-bond acceptors (Lipinski definition) is 5. The number of nitrogens with one attached hydrogen (secondary N) is 1. The number of aromatic nitrogens is 2. The number of aryl methyl sites for hydroxylation is 2. The molecule has 5 rings (SSSR count). The van der Waals surface area contributed by atoms with Crippen LogP contribution >= 0.6 is 0 Å². The van der Waals surface area contributed by atoms with Gasteiger partial charge in [-0.15, -0.1) is 0 Å². The van der Waals surface area contributed by atoms with Gasteiger partial charge in [-0.1, -0.05) is 29.8 Å². The Morgan fingerprint density at radius 3 is 2.38 bits per heavy atom. The highest BCUT2D eigenvalue weighted by Crippen LogP contribution is 2.31. The van der Waals surface area contributed by atoms with Gasteiger partial charge in [0.1, 0.15) is 5.82 Å². The average molecular weight is 529 g/mol. The number of carbonyl (C=O) groups excluding carboxylic acids is 1. The highest BCUT2D eigenvalue weighted by atomic mass is 19.1. The van der Waals surface area contributed by atoms with Gasteiger partial charge in [0.25, 0.3) is 5.56 Å². The molecule has 3 aromatic carbocycles. The van der Waals surface area contributed by atoms with E-state index in [2.05, 4.69) is 17.3 Å². The van der Waals surface area contributed by atoms with Crippen molar-refractivity contribution < 1.29 is 9.18 Å². The molecule has 1 aliphatic heterocycles. The summed E-state index contributed by atoms with van der Waals surface area (Å²) in [6.07, 6.45) is 0. The van der Waals surface area contributed by atoms with Crippen molar-refractivity contribution >= 4 is 28.3 Å². The summed E-state index contributed by atoms with van der Waals surface area (Å²) < 4.78 is 15.2. The molecule has 1 saturated heterocycles. The number of hydrogen-bond donors (Lipinski definition) is 1. The van der Waals surface area contributed by atoms with Crippen LogP contribution in [0.2, 0.25) is 0 Å². The minimum atomic E-state index is -0.621. The van der Waals surface area contributed by atoms with Gasteiger partial charge in [0.2, 0.25) is 0 Å². The maximum absolute atomic E-state index is 13.9. The first-order valence-corrected chi connectivity index (χ1v) is 13.1. The third-order valence-electron chi connectivity index (χ3n) is 7.23. The first-order chi connectivity index (χ1) is 18.7. The number of urea groups is 1. The summed E-state index contributed by atoms with van der Waals surface area (Å²) in [5.41, 5.74) is 3.55. The summed E-state index contributed by atoms with van der Waals surface area (Å²) in [5.74, 6) is 0.0849. The van der Waals surface area contributed by atoms with Gasteiger partial charge in [0.05, 0.1) is 16.9 Å². The number of rotatable bonds is 5. The molecule has 0 unspecified atom stereocenters. The second-order valence-corrected chi connectivity index (χ2v) is 10.1. The number of fused-ring (bicyclic) bond motifs is 1. The minimum Gasteiger partial charge on any atom is -0.308 e. The first kappa shape index (κ1) is 26.4. The summed E-state index contributed by atoms with van der Waals surface area (Å²) in [7, 11) is 2.06. The predicted octanol–water partition coefficient (Wildman–Crippen LogP) is 4.84. The zero-order valence-electron chi connectivity index (χ0n) is 22.7. The molecule has 0 bridgehead atoms. The predicted molar refractivity (Wildman–Crippen MR) is 154 cm³/mol. The fourth-order valence-electron chi connectivity index (χ4n) is 5.08. The largest absolute Gasteiger partial charge is 0.327 e. The second kappa shape index (κ2) is 10.9. The van der Waals surface area contributed by atoms with Crippen LogP contribution in [-0.2, 0) is 0 Å². The summed E-state index contributed by atoms with van der Waals surface area (Å²) in [6.45, 7) is 8.75. The summed E-state index contributed by atoms with van der Waals surface area (Å²) in [6, 6.07) is 17.8. The smallest absolute Gasteiger partial charge is 0.308 e. The van der Waals surface area contributed by atoms with Crippen molar-refractivity contribution in [2.24, 2.45) is 0 Å². The standard InChI is InChI=1S/C30H33FN6O2/c1-20-9-14-27(21(2)19-20)36(30(39)32-24-12-10-23(31)11-13-24)22(3)28-33-26-8-6-5-7-25(26)29(38)37(28)35-17-15-34(4)16-18-35/h5-14,19,22H,15-18H2,1-4H3,(H,32,39)/t22-/m0/s1. The minimum absolute atomic E-state index is 0.161. The number of nitrogens with zero attached hydrogens (tertiary/aromatic N) is 5. The van der Waals surface area contributed by atoms with Crippen molar-refractivity contribution in [3.05, 3.63) is 99.9 Å². The number of carbonyl (C=O) groups is 1. The highest BCUT2D eigenvalue weighted by Gasteiger charge is 2.31. The van der Waals surface area contributed by atoms with Gasteiger partial charge in [-0.25, -0.2) is 18.8 Å². The Morgan fingerprint density at radius 1 is 1.00 bits per heavy atom. The number of piperazine rings is 1. The molecule has 1 N–H and O–H groups in total. The summed E-state index contributed by atoms with van der Waals surface area (Å²) in [5, 5.41) is 5.45. The fourth-order valence-corrected chi connectivity index (χ4v) is 5.08. The van der Waals surface area contributed by atoms with Crippen LogP contribution in [0.15, 0.2) is 71.5 Å². The Labute approximate surface area is 227 Å². The topological polar surface area (TPSA) is 73.7 Å². The van der Waals surface area contributed by atoms with E-state index in [0.717, 1.165) is 24.2 Å². The Morgan fingerprint density at radius 2 is 1.69 bits per heavy atom. The van der Waals surface area contributed by atoms with Crippen molar-refractivity contribution in [2.75, 3.05) is 48.5 Å². The van der Waals surface area contributed by atoms with Gasteiger partial charge in [0, 0.05) is 37.6 Å². The molecule has 0 spiro atoms. The number of para-hydroxylation sites is 1. The van der Waals surface area contributed by atoms with Gasteiger partial charge < -0.3 is 15.2 Å². The SMILES string of the molecule is Cc1ccc(N(C(=O)Nc2ccc(F)cc2)[C@@H](C)c2nc3ccccc3c(=O)n2N2CCN(C)CC2)c(C)c1. The first-order valence-electron chi connectivity index (χ1n) is 13.1. The van der Waals surface area contributed by atoms with Crippen molar-refractivity contribution in [3.8, 4) is 0 Å². The molecule has 4 aromatic rings. The van der Waals surface area contributed by atoms with E-state index in [1.54, 1.807) is 15.6 Å². The average Bonchev–Trinajstić information content (AvgIpc) is 2.92. The van der Waals surface area contributed by atoms with Crippen molar-refractivity contribution in [3.63, 3.8) is 0 Å². The van der Waals surface area contributed by atoms with Gasteiger partial charge in [-0.05, 0) is 75.8 Å². The Balaban J connectivity index is 1.65. The molecule has 9 heteroatoms. The molecule has 1 aliphatic rings. The highest BCUT2D eigenvalue weighted by molar-refractivity contribution is 6.02. The lowest BCUT2D eigenvalue weighted by Crippen LogP contribution is -2.55. The number of benzene rings is 3. The third-order valence-corrected chi connectivity index (χ3v) is 7.23. The van der Waals surface area contributed by atoms with Gasteiger partial charge in [-0.3, -0.25) is 9.69 Å². The third kappa shape index (κ3) is 5.35. The number of likely N-dealkylation sites (N-methyl/N-ethyl adjacent to an activating group) is 1. The molecule has 0 aliphatic carbocycles. The molecular formula is C30H33FN6O2. The molecule has 1 atom stereocenters. The fraction of sp³-hybridized carbons (Fsp3) is 0.300. The molecule has 1 fully saturated rings. The summed E-state index contributed by atoms with van der Waals surface area (Å²) in [4.78, 5) is 36.6. The molecule has 202 valence electrons. The van der Waals surface area contributed by atoms with E-state index in [1.165, 1.54) is 24.3 Å². The van der Waals surface area contributed by atoms with E-state index in [1.807, 2.05) is 62.2 Å². The zero-order valence-corrected chi connectivity index (χ0v) is 22.7. The summed E-state index contributed by atoms with van der Waals surface area (Å²) >= 11 is 0. The number of amides is 2. The van der Waals surface area contributed by atoms with Crippen molar-refractivity contribution in [2.45, 2.75) is 26.8 Å². The van der Waals surface area contributed by atoms with Crippen LogP contribution in [0, 0.1) is 19.7 Å². The molecule has 2 amide bonds. The van der Waals surface area contributed by atoms with Crippen LogP contribution in [0.3, 0.4) is 0 Å². The van der Waals surface area contributed by atoms with Crippen LogP contribution < -0.4 is 20.8 Å². The van der Waals surface area contributed by atoms with Crippen LogP contribution in [0.4, 0.5) is 20.6 Å². The van der Waals surface area contributed by atoms with E-state index in [-0.39, 0.29) is 11.4 Å². The van der Waals surface area contributed by atoms with Gasteiger partial charge >= 0.3 is 6.03 Å². The van der Waals surface area contributed by atoms with E-state index in [4.69, 9.17) is 4.98 Å². The molecule has 1 aromatic heterocycles. The number of halogens is 1. The molecule has 0 saturated carbocycles. The lowest BCUT2D eigenvalue weighted by Gasteiger charge is -2.38. The molecule has 0 radical (unpaired) electrons. The Bertz CT molecular complexity index is 1560. The van der Waals surface area contributed by atoms with Crippen molar-refractivity contribution in [1.82, 2.24) is 14.6 Å². The lowest BCUT2D eigenvalue weighted by atomic mass is 10.1. The van der Waals surface area contributed by atoms with Crippen LogP contribution in [0.1, 0.15) is 29.9 Å². The van der Waals surface area contributed by atoms with E-state index in [9.17, 15) is 14.0 Å². The van der Waals surface area contributed by atoms with Crippen LogP contribution in [-0.4, -0.2) is 53.8 Å². The quantitative estimate of drug-likeness (QED) is 0.402.